The van der Waals surface area contributed by atoms with Crippen LogP contribution >= 0.6 is 12.4 Å². The molecule has 100 valence electrons. The average molecular weight is 277 g/mol. The van der Waals surface area contributed by atoms with E-state index >= 15 is 0 Å². The molecule has 0 saturated carbocycles. The molecule has 0 fully saturated rings. The summed E-state index contributed by atoms with van der Waals surface area (Å²) in [6.07, 6.45) is 4.68. The lowest BCUT2D eigenvalue weighted by Gasteiger charge is -2.27. The summed E-state index contributed by atoms with van der Waals surface area (Å²) in [6.45, 7) is 1.27. The summed E-state index contributed by atoms with van der Waals surface area (Å²) in [5, 5.41) is 0. The van der Waals surface area contributed by atoms with Crippen LogP contribution in [0, 0.1) is 0 Å². The molecule has 1 aliphatic heterocycles. The number of nitrogens with zero attached hydrogens (tertiary/aromatic N) is 1. The Labute approximate surface area is 119 Å². The van der Waals surface area contributed by atoms with Gasteiger partial charge in [-0.05, 0) is 29.2 Å². The standard InChI is InChI=1S/C15H16N2O.ClH/c16-9-15-14-5-1-4-12(13(14)6-8-18-15)11-3-2-7-17-10-11;/h1-5,7,10,15H,6,8-9,16H2;1H/t15-;/m0./s1. The molecule has 1 aromatic heterocycles. The first-order chi connectivity index (χ1) is 8.90. The molecule has 0 radical (unpaired) electrons. The van der Waals surface area contributed by atoms with Gasteiger partial charge in [0.25, 0.3) is 0 Å². The minimum absolute atomic E-state index is 0. The molecule has 0 amide bonds. The third-order valence-electron chi connectivity index (χ3n) is 3.42. The zero-order chi connectivity index (χ0) is 12.4. The van der Waals surface area contributed by atoms with Crippen LogP contribution in [-0.4, -0.2) is 18.1 Å². The van der Waals surface area contributed by atoms with Crippen molar-refractivity contribution >= 4 is 12.4 Å². The van der Waals surface area contributed by atoms with Gasteiger partial charge in [-0.25, -0.2) is 0 Å². The maximum absolute atomic E-state index is 5.77. The van der Waals surface area contributed by atoms with E-state index in [-0.39, 0.29) is 18.5 Å². The quantitative estimate of drug-likeness (QED) is 0.917. The van der Waals surface area contributed by atoms with Crippen LogP contribution in [0.4, 0.5) is 0 Å². The molecule has 0 aliphatic carbocycles. The lowest BCUT2D eigenvalue weighted by atomic mass is 9.90. The smallest absolute Gasteiger partial charge is 0.0950 e. The van der Waals surface area contributed by atoms with Gasteiger partial charge in [0.15, 0.2) is 0 Å². The molecule has 0 bridgehead atoms. The Kier molecular flexibility index (Phi) is 4.53. The fourth-order valence-electron chi connectivity index (χ4n) is 2.57. The summed E-state index contributed by atoms with van der Waals surface area (Å²) in [7, 11) is 0. The van der Waals surface area contributed by atoms with Gasteiger partial charge >= 0.3 is 0 Å². The van der Waals surface area contributed by atoms with Gasteiger partial charge in [-0.2, -0.15) is 0 Å². The molecule has 2 N–H and O–H groups in total. The lowest BCUT2D eigenvalue weighted by Crippen LogP contribution is -2.23. The lowest BCUT2D eigenvalue weighted by molar-refractivity contribution is 0.0486. The third-order valence-corrected chi connectivity index (χ3v) is 3.42. The number of halogens is 1. The number of aromatic nitrogens is 1. The van der Waals surface area contributed by atoms with Crippen LogP contribution in [0.3, 0.4) is 0 Å². The number of ether oxygens (including phenoxy) is 1. The normalized spacial score (nSPS) is 17.4. The van der Waals surface area contributed by atoms with Crippen molar-refractivity contribution in [2.75, 3.05) is 13.2 Å². The van der Waals surface area contributed by atoms with E-state index in [0.29, 0.717) is 6.54 Å². The first-order valence-electron chi connectivity index (χ1n) is 6.24. The highest BCUT2D eigenvalue weighted by molar-refractivity contribution is 5.85. The largest absolute Gasteiger partial charge is 0.372 e. The highest BCUT2D eigenvalue weighted by Gasteiger charge is 2.21. The fourth-order valence-corrected chi connectivity index (χ4v) is 2.57. The Morgan fingerprint density at radius 1 is 1.26 bits per heavy atom. The molecule has 19 heavy (non-hydrogen) atoms. The van der Waals surface area contributed by atoms with E-state index in [4.69, 9.17) is 10.5 Å². The highest BCUT2D eigenvalue weighted by Crippen LogP contribution is 2.33. The van der Waals surface area contributed by atoms with Crippen molar-refractivity contribution in [3.05, 3.63) is 53.9 Å². The number of benzene rings is 1. The summed E-state index contributed by atoms with van der Waals surface area (Å²) in [5.74, 6) is 0. The topological polar surface area (TPSA) is 48.1 Å². The monoisotopic (exact) mass is 276 g/mol. The van der Waals surface area contributed by atoms with Gasteiger partial charge < -0.3 is 10.5 Å². The van der Waals surface area contributed by atoms with E-state index < -0.39 is 0 Å². The number of fused-ring (bicyclic) bond motifs is 1. The predicted molar refractivity (Wildman–Crippen MR) is 78.4 cm³/mol. The van der Waals surface area contributed by atoms with Crippen LogP contribution in [0.1, 0.15) is 17.2 Å². The molecule has 1 atom stereocenters. The van der Waals surface area contributed by atoms with Crippen LogP contribution in [0.25, 0.3) is 11.1 Å². The van der Waals surface area contributed by atoms with Crippen LogP contribution in [-0.2, 0) is 11.2 Å². The summed E-state index contributed by atoms with van der Waals surface area (Å²) in [4.78, 5) is 4.19. The second-order valence-corrected chi connectivity index (χ2v) is 4.46. The molecule has 2 heterocycles. The third kappa shape index (κ3) is 2.63. The van der Waals surface area contributed by atoms with Gasteiger partial charge in [-0.1, -0.05) is 24.3 Å². The molecule has 4 heteroatoms. The summed E-state index contributed by atoms with van der Waals surface area (Å²) in [6, 6.07) is 10.4. The highest BCUT2D eigenvalue weighted by atomic mass is 35.5. The van der Waals surface area contributed by atoms with E-state index in [0.717, 1.165) is 18.6 Å². The van der Waals surface area contributed by atoms with Gasteiger partial charge in [0.05, 0.1) is 12.7 Å². The number of pyridine rings is 1. The maximum atomic E-state index is 5.77. The molecule has 1 aliphatic rings. The Hall–Kier alpha value is -1.42. The summed E-state index contributed by atoms with van der Waals surface area (Å²) < 4.78 is 5.70. The van der Waals surface area contributed by atoms with Crippen molar-refractivity contribution in [2.45, 2.75) is 12.5 Å². The minimum Gasteiger partial charge on any atom is -0.372 e. The predicted octanol–water partition coefficient (Wildman–Crippen LogP) is 2.74. The Balaban J connectivity index is 0.00000133. The van der Waals surface area contributed by atoms with E-state index in [1.165, 1.54) is 16.7 Å². The average Bonchev–Trinajstić information content (AvgIpc) is 2.47. The number of rotatable bonds is 2. The van der Waals surface area contributed by atoms with E-state index in [1.807, 2.05) is 12.3 Å². The molecule has 0 unspecified atom stereocenters. The number of nitrogens with two attached hydrogens (primary N) is 1. The molecular weight excluding hydrogens is 260 g/mol. The van der Waals surface area contributed by atoms with Gasteiger partial charge in [0.1, 0.15) is 0 Å². The molecule has 2 aromatic rings. The molecule has 0 spiro atoms. The molecule has 0 saturated heterocycles. The van der Waals surface area contributed by atoms with Gasteiger partial charge in [0.2, 0.25) is 0 Å². The fraction of sp³-hybridized carbons (Fsp3) is 0.267. The van der Waals surface area contributed by atoms with Crippen molar-refractivity contribution in [1.82, 2.24) is 4.98 Å². The zero-order valence-corrected chi connectivity index (χ0v) is 11.4. The first-order valence-corrected chi connectivity index (χ1v) is 6.24. The zero-order valence-electron chi connectivity index (χ0n) is 10.6. The number of hydrogen-bond donors (Lipinski definition) is 1. The number of hydrogen-bond acceptors (Lipinski definition) is 3. The Morgan fingerprint density at radius 2 is 2.16 bits per heavy atom. The molecule has 3 rings (SSSR count). The van der Waals surface area contributed by atoms with Crippen LogP contribution in [0.5, 0.6) is 0 Å². The molecule has 3 nitrogen and oxygen atoms in total. The van der Waals surface area contributed by atoms with Gasteiger partial charge in [0, 0.05) is 24.5 Å². The van der Waals surface area contributed by atoms with Crippen LogP contribution in [0.15, 0.2) is 42.7 Å². The summed E-state index contributed by atoms with van der Waals surface area (Å²) >= 11 is 0. The van der Waals surface area contributed by atoms with E-state index in [2.05, 4.69) is 29.2 Å². The van der Waals surface area contributed by atoms with Crippen molar-refractivity contribution in [1.29, 1.82) is 0 Å². The van der Waals surface area contributed by atoms with Crippen molar-refractivity contribution in [3.63, 3.8) is 0 Å². The molecular formula is C15H17ClN2O. The van der Waals surface area contributed by atoms with Gasteiger partial charge in [-0.15, -0.1) is 12.4 Å². The van der Waals surface area contributed by atoms with Crippen molar-refractivity contribution in [2.24, 2.45) is 5.73 Å². The van der Waals surface area contributed by atoms with Crippen molar-refractivity contribution in [3.8, 4) is 11.1 Å². The van der Waals surface area contributed by atoms with Crippen LogP contribution in [0.2, 0.25) is 0 Å². The van der Waals surface area contributed by atoms with E-state index in [1.54, 1.807) is 6.20 Å². The Morgan fingerprint density at radius 3 is 2.89 bits per heavy atom. The maximum Gasteiger partial charge on any atom is 0.0950 e. The second-order valence-electron chi connectivity index (χ2n) is 4.46. The Bertz CT molecular complexity index is 545. The van der Waals surface area contributed by atoms with Crippen LogP contribution < -0.4 is 5.73 Å². The summed E-state index contributed by atoms with van der Waals surface area (Å²) in [5.41, 5.74) is 10.8. The van der Waals surface area contributed by atoms with Crippen molar-refractivity contribution < 1.29 is 4.74 Å². The van der Waals surface area contributed by atoms with E-state index in [9.17, 15) is 0 Å². The SMILES string of the molecule is Cl.NC[C@@H]1OCCc2c(-c3cccnc3)cccc21. The van der Waals surface area contributed by atoms with Gasteiger partial charge in [-0.3, -0.25) is 4.98 Å². The minimum atomic E-state index is 0. The molecule has 1 aromatic carbocycles. The first kappa shape index (κ1) is 14.0. The second kappa shape index (κ2) is 6.15.